The molecule has 1 rings (SSSR count). The highest BCUT2D eigenvalue weighted by Crippen LogP contribution is 2.14. The van der Waals surface area contributed by atoms with Crippen LogP contribution >= 0.6 is 0 Å². The molecule has 1 saturated heterocycles. The van der Waals surface area contributed by atoms with Crippen LogP contribution in [0.4, 0.5) is 0 Å². The van der Waals surface area contributed by atoms with E-state index < -0.39 is 9.28 Å². The summed E-state index contributed by atoms with van der Waals surface area (Å²) >= 11 is 0. The molecule has 0 aromatic carbocycles. The maximum Gasteiger partial charge on any atom is 0.350 e. The first-order valence-electron chi connectivity index (χ1n) is 5.60. The molecule has 5 heteroatoms. The third-order valence-corrected chi connectivity index (χ3v) is 4.57. The van der Waals surface area contributed by atoms with E-state index in [4.69, 9.17) is 18.3 Å². The van der Waals surface area contributed by atoms with Gasteiger partial charge in [0.1, 0.15) is 6.10 Å². The predicted octanol–water partition coefficient (Wildman–Crippen LogP) is 1.01. The lowest BCUT2D eigenvalue weighted by Crippen LogP contribution is -2.38. The van der Waals surface area contributed by atoms with Crippen LogP contribution in [0.5, 0.6) is 0 Å². The Labute approximate surface area is 93.7 Å². The van der Waals surface area contributed by atoms with Gasteiger partial charge in [-0.15, -0.1) is 0 Å². The van der Waals surface area contributed by atoms with E-state index in [9.17, 15) is 0 Å². The molecule has 0 amide bonds. The fraction of sp³-hybridized carbons (Fsp3) is 1.00. The van der Waals surface area contributed by atoms with Gasteiger partial charge in [0.2, 0.25) is 0 Å². The largest absolute Gasteiger partial charge is 0.398 e. The van der Waals surface area contributed by atoms with E-state index in [0.717, 1.165) is 19.4 Å². The molecule has 2 atom stereocenters. The Bertz CT molecular complexity index is 160. The van der Waals surface area contributed by atoms with Crippen LogP contribution in [0.2, 0.25) is 0 Å². The first-order valence-corrected chi connectivity index (χ1v) is 7.21. The van der Waals surface area contributed by atoms with Crippen molar-refractivity contribution in [3.63, 3.8) is 0 Å². The van der Waals surface area contributed by atoms with Crippen LogP contribution in [0.3, 0.4) is 0 Å². The van der Waals surface area contributed by atoms with Crippen molar-refractivity contribution in [1.29, 1.82) is 0 Å². The number of epoxide rings is 1. The van der Waals surface area contributed by atoms with E-state index in [-0.39, 0.29) is 5.73 Å². The minimum atomic E-state index is -1.65. The maximum atomic E-state index is 5.80. The van der Waals surface area contributed by atoms with Gasteiger partial charge in [0, 0.05) is 14.2 Å². The maximum absolute atomic E-state index is 5.80. The highest BCUT2D eigenvalue weighted by Gasteiger charge is 2.29. The van der Waals surface area contributed by atoms with Crippen molar-refractivity contribution in [2.75, 3.05) is 27.4 Å². The summed E-state index contributed by atoms with van der Waals surface area (Å²) in [5.74, 6) is 0. The van der Waals surface area contributed by atoms with Crippen LogP contribution in [0.1, 0.15) is 26.2 Å². The molecule has 0 aliphatic carbocycles. The average molecular weight is 234 g/mol. The Balaban J connectivity index is 2.27. The summed E-state index contributed by atoms with van der Waals surface area (Å²) in [6.07, 6.45) is 3.68. The zero-order valence-corrected chi connectivity index (χ0v) is 11.1. The number of hydrogen-bond donors (Lipinski definition) is 0. The Hall–Kier alpha value is 0.0569. The van der Waals surface area contributed by atoms with Gasteiger partial charge in [-0.05, 0) is 6.42 Å². The Morgan fingerprint density at radius 1 is 1.40 bits per heavy atom. The van der Waals surface area contributed by atoms with Gasteiger partial charge in [0.25, 0.3) is 0 Å². The standard InChI is InChI=1S/C10H22O4Si/c1-4-5-6-10(15(11-2)12-3)14-8-9-7-13-9/h9-10,15H,4-8H2,1-3H3. The van der Waals surface area contributed by atoms with Crippen molar-refractivity contribution < 1.29 is 18.3 Å². The van der Waals surface area contributed by atoms with Gasteiger partial charge in [-0.1, -0.05) is 19.8 Å². The van der Waals surface area contributed by atoms with Gasteiger partial charge in [-0.2, -0.15) is 0 Å². The van der Waals surface area contributed by atoms with E-state index in [1.54, 1.807) is 14.2 Å². The van der Waals surface area contributed by atoms with Crippen LogP contribution < -0.4 is 0 Å². The van der Waals surface area contributed by atoms with E-state index in [1.165, 1.54) is 6.42 Å². The monoisotopic (exact) mass is 234 g/mol. The molecule has 90 valence electrons. The average Bonchev–Trinajstić information content (AvgIpc) is 3.06. The normalized spacial score (nSPS) is 22.0. The summed E-state index contributed by atoms with van der Waals surface area (Å²) in [5, 5.41) is 0. The summed E-state index contributed by atoms with van der Waals surface area (Å²) in [6, 6.07) is 0. The third kappa shape index (κ3) is 5.08. The Kier molecular flexibility index (Phi) is 6.43. The van der Waals surface area contributed by atoms with Crippen molar-refractivity contribution in [1.82, 2.24) is 0 Å². The molecule has 0 spiro atoms. The smallest absolute Gasteiger partial charge is 0.350 e. The lowest BCUT2D eigenvalue weighted by atomic mass is 10.3. The van der Waals surface area contributed by atoms with Gasteiger partial charge in [-0.25, -0.2) is 0 Å². The molecule has 1 aliphatic heterocycles. The van der Waals surface area contributed by atoms with Crippen molar-refractivity contribution in [3.05, 3.63) is 0 Å². The second-order valence-electron chi connectivity index (χ2n) is 3.81. The zero-order valence-electron chi connectivity index (χ0n) is 9.90. The Morgan fingerprint density at radius 2 is 2.07 bits per heavy atom. The number of unbranched alkanes of at least 4 members (excludes halogenated alkanes) is 1. The van der Waals surface area contributed by atoms with E-state index in [2.05, 4.69) is 6.92 Å². The molecule has 0 aromatic heterocycles. The molecular weight excluding hydrogens is 212 g/mol. The minimum absolute atomic E-state index is 0.157. The molecule has 0 aromatic rings. The molecular formula is C10H22O4Si. The van der Waals surface area contributed by atoms with E-state index in [0.29, 0.717) is 12.7 Å². The van der Waals surface area contributed by atoms with Crippen molar-refractivity contribution >= 4 is 9.28 Å². The van der Waals surface area contributed by atoms with Crippen LogP contribution in [0, 0.1) is 0 Å². The molecule has 2 unspecified atom stereocenters. The van der Waals surface area contributed by atoms with Crippen molar-refractivity contribution in [2.45, 2.75) is 38.0 Å². The first-order chi connectivity index (χ1) is 7.31. The lowest BCUT2D eigenvalue weighted by molar-refractivity contribution is 0.0538. The summed E-state index contributed by atoms with van der Waals surface area (Å²) in [4.78, 5) is 0. The molecule has 4 nitrogen and oxygen atoms in total. The highest BCUT2D eigenvalue weighted by atomic mass is 28.3. The van der Waals surface area contributed by atoms with Gasteiger partial charge in [-0.3, -0.25) is 0 Å². The molecule has 1 fully saturated rings. The second-order valence-corrected chi connectivity index (χ2v) is 6.23. The molecule has 15 heavy (non-hydrogen) atoms. The molecule has 0 bridgehead atoms. The summed E-state index contributed by atoms with van der Waals surface area (Å²) < 4.78 is 21.6. The first kappa shape index (κ1) is 13.1. The molecule has 1 heterocycles. The summed E-state index contributed by atoms with van der Waals surface area (Å²) in [7, 11) is 1.76. The van der Waals surface area contributed by atoms with E-state index >= 15 is 0 Å². The molecule has 0 saturated carbocycles. The van der Waals surface area contributed by atoms with Gasteiger partial charge in [0.15, 0.2) is 0 Å². The summed E-state index contributed by atoms with van der Waals surface area (Å²) in [6.45, 7) is 3.70. The van der Waals surface area contributed by atoms with Crippen LogP contribution in [0.25, 0.3) is 0 Å². The topological polar surface area (TPSA) is 40.2 Å². The van der Waals surface area contributed by atoms with Crippen LogP contribution in [-0.2, 0) is 18.3 Å². The van der Waals surface area contributed by atoms with Gasteiger partial charge >= 0.3 is 9.28 Å². The third-order valence-electron chi connectivity index (χ3n) is 2.51. The van der Waals surface area contributed by atoms with Crippen LogP contribution in [0.15, 0.2) is 0 Å². The second kappa shape index (κ2) is 7.35. The number of hydrogen-bond acceptors (Lipinski definition) is 4. The van der Waals surface area contributed by atoms with Crippen molar-refractivity contribution in [3.8, 4) is 0 Å². The van der Waals surface area contributed by atoms with Crippen LogP contribution in [-0.4, -0.2) is 48.5 Å². The fourth-order valence-corrected chi connectivity index (χ4v) is 3.07. The van der Waals surface area contributed by atoms with E-state index in [1.807, 2.05) is 0 Å². The predicted molar refractivity (Wildman–Crippen MR) is 60.2 cm³/mol. The zero-order chi connectivity index (χ0) is 11.1. The SMILES string of the molecule is CCCCC(OCC1CO1)[SiH](OC)OC. The molecule has 1 aliphatic rings. The Morgan fingerprint density at radius 3 is 2.53 bits per heavy atom. The van der Waals surface area contributed by atoms with Crippen molar-refractivity contribution in [2.24, 2.45) is 0 Å². The quantitative estimate of drug-likeness (QED) is 0.441. The van der Waals surface area contributed by atoms with Gasteiger partial charge < -0.3 is 18.3 Å². The minimum Gasteiger partial charge on any atom is -0.398 e. The highest BCUT2D eigenvalue weighted by molar-refractivity contribution is 6.45. The number of ether oxygens (including phenoxy) is 2. The number of rotatable bonds is 9. The lowest BCUT2D eigenvalue weighted by Gasteiger charge is -2.22. The molecule has 0 N–H and O–H groups in total. The van der Waals surface area contributed by atoms with Gasteiger partial charge in [0.05, 0.1) is 18.9 Å². The fourth-order valence-electron chi connectivity index (χ4n) is 1.50. The molecule has 0 radical (unpaired) electrons. The summed E-state index contributed by atoms with van der Waals surface area (Å²) in [5.41, 5.74) is 0.157.